The van der Waals surface area contributed by atoms with Gasteiger partial charge in [0.15, 0.2) is 23.0 Å². The van der Waals surface area contributed by atoms with Crippen molar-refractivity contribution >= 4 is 29.2 Å². The lowest BCUT2D eigenvalue weighted by atomic mass is 10.2. The Kier molecular flexibility index (Phi) is 5.93. The zero-order valence-electron chi connectivity index (χ0n) is 15.0. The summed E-state index contributed by atoms with van der Waals surface area (Å²) >= 11 is 6.21. The fourth-order valence-corrected chi connectivity index (χ4v) is 2.85. The summed E-state index contributed by atoms with van der Waals surface area (Å²) in [5.41, 5.74) is 1.46. The Morgan fingerprint density at radius 3 is 2.96 bits per heavy atom. The van der Waals surface area contributed by atoms with E-state index in [-0.39, 0.29) is 12.5 Å². The number of hydrogen-bond acceptors (Lipinski definition) is 5. The molecule has 2 aromatic heterocycles. The second-order valence-corrected chi connectivity index (χ2v) is 5.97. The van der Waals surface area contributed by atoms with Crippen molar-refractivity contribution in [1.29, 1.82) is 0 Å². The molecule has 0 spiro atoms. The minimum atomic E-state index is -0.257. The second-order valence-electron chi connectivity index (χ2n) is 5.56. The van der Waals surface area contributed by atoms with Crippen LogP contribution in [-0.4, -0.2) is 34.2 Å². The number of carbonyl (C=O) groups is 1. The van der Waals surface area contributed by atoms with E-state index in [1.165, 1.54) is 13.2 Å². The third-order valence-electron chi connectivity index (χ3n) is 3.77. The van der Waals surface area contributed by atoms with Crippen LogP contribution < -0.4 is 14.8 Å². The number of pyridine rings is 1. The highest BCUT2D eigenvalue weighted by Crippen LogP contribution is 2.36. The van der Waals surface area contributed by atoms with Gasteiger partial charge in [0.1, 0.15) is 0 Å². The van der Waals surface area contributed by atoms with Crippen LogP contribution in [0.5, 0.6) is 11.5 Å². The van der Waals surface area contributed by atoms with E-state index in [4.69, 9.17) is 21.1 Å². The molecule has 2 heterocycles. The number of nitrogens with one attached hydrogen (secondary N) is 1. The molecule has 0 saturated heterocycles. The second kappa shape index (κ2) is 8.55. The third-order valence-corrected chi connectivity index (χ3v) is 4.05. The van der Waals surface area contributed by atoms with Gasteiger partial charge in [0, 0.05) is 12.3 Å². The van der Waals surface area contributed by atoms with Crippen LogP contribution in [-0.2, 0) is 11.3 Å². The third kappa shape index (κ3) is 4.38. The quantitative estimate of drug-likeness (QED) is 0.631. The Morgan fingerprint density at radius 1 is 1.33 bits per heavy atom. The summed E-state index contributed by atoms with van der Waals surface area (Å²) in [5, 5.41) is 11.3. The van der Waals surface area contributed by atoms with Crippen molar-refractivity contribution in [2.45, 2.75) is 13.5 Å². The van der Waals surface area contributed by atoms with Gasteiger partial charge >= 0.3 is 0 Å². The van der Waals surface area contributed by atoms with Crippen LogP contribution in [0, 0.1) is 0 Å². The standard InChI is InChI=1S/C19H19ClN4O3/c1-3-27-15-11-13(10-14(20)19(15)26-2)7-8-18(25)21-12-17-23-22-16-6-4-5-9-24(16)17/h4-11H,3,12H2,1-2H3,(H,21,25)/b8-7+. The number of ether oxygens (including phenoxy) is 2. The van der Waals surface area contributed by atoms with E-state index in [0.717, 1.165) is 11.2 Å². The summed E-state index contributed by atoms with van der Waals surface area (Å²) in [7, 11) is 1.53. The highest BCUT2D eigenvalue weighted by molar-refractivity contribution is 6.32. The first-order valence-electron chi connectivity index (χ1n) is 8.37. The zero-order valence-corrected chi connectivity index (χ0v) is 15.7. The van der Waals surface area contributed by atoms with Crippen LogP contribution in [0.3, 0.4) is 0 Å². The maximum absolute atomic E-state index is 12.1. The molecule has 1 N–H and O–H groups in total. The summed E-state index contributed by atoms with van der Waals surface area (Å²) < 4.78 is 12.6. The van der Waals surface area contributed by atoms with Crippen molar-refractivity contribution in [3.63, 3.8) is 0 Å². The number of fused-ring (bicyclic) bond motifs is 1. The van der Waals surface area contributed by atoms with E-state index >= 15 is 0 Å². The van der Waals surface area contributed by atoms with Crippen LogP contribution in [0.1, 0.15) is 18.3 Å². The lowest BCUT2D eigenvalue weighted by Crippen LogP contribution is -2.21. The topological polar surface area (TPSA) is 77.8 Å². The molecule has 0 aliphatic heterocycles. The van der Waals surface area contributed by atoms with Gasteiger partial charge in [0.25, 0.3) is 0 Å². The predicted molar refractivity (Wildman–Crippen MR) is 103 cm³/mol. The average molecular weight is 387 g/mol. The van der Waals surface area contributed by atoms with E-state index in [9.17, 15) is 4.79 Å². The Balaban J connectivity index is 1.67. The molecule has 3 aromatic rings. The minimum Gasteiger partial charge on any atom is -0.491 e. The van der Waals surface area contributed by atoms with Gasteiger partial charge in [-0.3, -0.25) is 9.20 Å². The molecule has 7 nitrogen and oxygen atoms in total. The van der Waals surface area contributed by atoms with E-state index in [2.05, 4.69) is 15.5 Å². The maximum Gasteiger partial charge on any atom is 0.244 e. The molecule has 1 amide bonds. The predicted octanol–water partition coefficient (Wildman–Crippen LogP) is 3.12. The maximum atomic E-state index is 12.1. The molecule has 0 fully saturated rings. The fraction of sp³-hybridized carbons (Fsp3) is 0.211. The molecular weight excluding hydrogens is 368 g/mol. The number of rotatable bonds is 7. The molecule has 0 atom stereocenters. The minimum absolute atomic E-state index is 0.257. The monoisotopic (exact) mass is 386 g/mol. The van der Waals surface area contributed by atoms with Gasteiger partial charge in [0.05, 0.1) is 25.3 Å². The Morgan fingerprint density at radius 2 is 2.19 bits per heavy atom. The summed E-state index contributed by atoms with van der Waals surface area (Å²) in [4.78, 5) is 12.1. The lowest BCUT2D eigenvalue weighted by molar-refractivity contribution is -0.116. The number of methoxy groups -OCH3 is 1. The number of aromatic nitrogens is 3. The smallest absolute Gasteiger partial charge is 0.244 e. The Labute approximate surface area is 161 Å². The van der Waals surface area contributed by atoms with Gasteiger partial charge in [0.2, 0.25) is 5.91 Å². The van der Waals surface area contributed by atoms with E-state index in [0.29, 0.717) is 29.0 Å². The van der Waals surface area contributed by atoms with Crippen LogP contribution in [0.15, 0.2) is 42.6 Å². The van der Waals surface area contributed by atoms with Crippen molar-refractivity contribution in [1.82, 2.24) is 19.9 Å². The number of hydrogen-bond donors (Lipinski definition) is 1. The van der Waals surface area contributed by atoms with Gasteiger partial charge in [-0.15, -0.1) is 10.2 Å². The molecule has 3 rings (SSSR count). The highest BCUT2D eigenvalue weighted by Gasteiger charge is 2.11. The molecule has 0 aliphatic carbocycles. The highest BCUT2D eigenvalue weighted by atomic mass is 35.5. The first-order chi connectivity index (χ1) is 13.1. The van der Waals surface area contributed by atoms with E-state index in [1.54, 1.807) is 18.2 Å². The molecule has 140 valence electrons. The summed E-state index contributed by atoms with van der Waals surface area (Å²) in [5.74, 6) is 1.40. The summed E-state index contributed by atoms with van der Waals surface area (Å²) in [6.07, 6.45) is 4.93. The summed E-state index contributed by atoms with van der Waals surface area (Å²) in [6.45, 7) is 2.62. The molecule has 27 heavy (non-hydrogen) atoms. The van der Waals surface area contributed by atoms with E-state index in [1.807, 2.05) is 35.7 Å². The summed E-state index contributed by atoms with van der Waals surface area (Å²) in [6, 6.07) is 9.08. The molecule has 0 bridgehead atoms. The van der Waals surface area contributed by atoms with Crippen LogP contribution in [0.2, 0.25) is 5.02 Å². The Hall–Kier alpha value is -3.06. The average Bonchev–Trinajstić information content (AvgIpc) is 3.08. The van der Waals surface area contributed by atoms with E-state index < -0.39 is 0 Å². The molecular formula is C19H19ClN4O3. The normalized spacial score (nSPS) is 11.1. The van der Waals surface area contributed by atoms with Crippen molar-refractivity contribution in [3.05, 3.63) is 59.0 Å². The first kappa shape index (κ1) is 18.7. The van der Waals surface area contributed by atoms with Gasteiger partial charge in [-0.2, -0.15) is 0 Å². The largest absolute Gasteiger partial charge is 0.491 e. The van der Waals surface area contributed by atoms with Crippen LogP contribution in [0.4, 0.5) is 0 Å². The first-order valence-corrected chi connectivity index (χ1v) is 8.75. The fourth-order valence-electron chi connectivity index (χ4n) is 2.55. The molecule has 0 unspecified atom stereocenters. The SMILES string of the molecule is CCOc1cc(/C=C/C(=O)NCc2nnc3ccccn23)cc(Cl)c1OC. The van der Waals surface area contributed by atoms with Crippen LogP contribution in [0.25, 0.3) is 11.7 Å². The molecule has 0 saturated carbocycles. The molecule has 0 radical (unpaired) electrons. The number of amides is 1. The van der Waals surface area contributed by atoms with Crippen molar-refractivity contribution in [2.24, 2.45) is 0 Å². The van der Waals surface area contributed by atoms with Crippen molar-refractivity contribution in [2.75, 3.05) is 13.7 Å². The van der Waals surface area contributed by atoms with Crippen molar-refractivity contribution in [3.8, 4) is 11.5 Å². The molecule has 8 heteroatoms. The zero-order chi connectivity index (χ0) is 19.2. The molecule has 0 aliphatic rings. The number of carbonyl (C=O) groups excluding carboxylic acids is 1. The van der Waals surface area contributed by atoms with Gasteiger partial charge < -0.3 is 14.8 Å². The van der Waals surface area contributed by atoms with Gasteiger partial charge in [-0.05, 0) is 42.8 Å². The van der Waals surface area contributed by atoms with Gasteiger partial charge in [-0.25, -0.2) is 0 Å². The molecule has 1 aromatic carbocycles. The number of benzene rings is 1. The van der Waals surface area contributed by atoms with Crippen molar-refractivity contribution < 1.29 is 14.3 Å². The Bertz CT molecular complexity index is 984. The van der Waals surface area contributed by atoms with Crippen LogP contribution >= 0.6 is 11.6 Å². The van der Waals surface area contributed by atoms with Gasteiger partial charge in [-0.1, -0.05) is 17.7 Å². The number of nitrogens with zero attached hydrogens (tertiary/aromatic N) is 3. The number of halogens is 1. The lowest BCUT2D eigenvalue weighted by Gasteiger charge is -2.11.